The van der Waals surface area contributed by atoms with Crippen molar-refractivity contribution in [2.45, 2.75) is 5.88 Å². The van der Waals surface area contributed by atoms with Gasteiger partial charge in [0.15, 0.2) is 0 Å². The minimum absolute atomic E-state index is 0.0556. The van der Waals surface area contributed by atoms with Crippen LogP contribution in [0.15, 0.2) is 12.1 Å². The molecule has 1 aromatic carbocycles. The predicted molar refractivity (Wildman–Crippen MR) is 40.9 cm³/mol. The van der Waals surface area contributed by atoms with E-state index >= 15 is 0 Å². The molecule has 0 aliphatic carbocycles. The van der Waals surface area contributed by atoms with E-state index in [1.807, 2.05) is 0 Å². The van der Waals surface area contributed by atoms with Gasteiger partial charge in [0.1, 0.15) is 11.6 Å². The summed E-state index contributed by atoms with van der Waals surface area (Å²) in [6.45, 7) is 0. The fourth-order valence-corrected chi connectivity index (χ4v) is 1.02. The van der Waals surface area contributed by atoms with Crippen molar-refractivity contribution in [2.24, 2.45) is 0 Å². The Morgan fingerprint density at radius 3 is 2.36 bits per heavy atom. The summed E-state index contributed by atoms with van der Waals surface area (Å²) in [7, 11) is 0. The van der Waals surface area contributed by atoms with Gasteiger partial charge < -0.3 is 0 Å². The zero-order chi connectivity index (χ0) is 8.43. The van der Waals surface area contributed by atoms with Gasteiger partial charge in [0.2, 0.25) is 0 Å². The Morgan fingerprint density at radius 2 is 1.82 bits per heavy atom. The van der Waals surface area contributed by atoms with Crippen molar-refractivity contribution in [2.75, 3.05) is 0 Å². The van der Waals surface area contributed by atoms with E-state index in [1.54, 1.807) is 0 Å². The van der Waals surface area contributed by atoms with E-state index in [4.69, 9.17) is 23.2 Å². The molecule has 0 unspecified atom stereocenters. The lowest BCUT2D eigenvalue weighted by Crippen LogP contribution is -1.88. The van der Waals surface area contributed by atoms with Gasteiger partial charge in [-0.2, -0.15) is 0 Å². The molecule has 60 valence electrons. The Kier molecular flexibility index (Phi) is 2.68. The van der Waals surface area contributed by atoms with E-state index in [0.29, 0.717) is 0 Å². The largest absolute Gasteiger partial charge is 0.207 e. The standard InChI is InChI=1S/C7H4Cl2F2/c8-3-4-1-7(11)5(9)2-6(4)10/h1-2H,3H2. The number of alkyl halides is 1. The SMILES string of the molecule is Fc1cc(CCl)c(F)cc1Cl. The molecule has 0 heterocycles. The molecule has 0 aliphatic heterocycles. The van der Waals surface area contributed by atoms with Gasteiger partial charge in [-0.3, -0.25) is 0 Å². The van der Waals surface area contributed by atoms with Crippen LogP contribution in [0.3, 0.4) is 0 Å². The minimum Gasteiger partial charge on any atom is -0.207 e. The normalized spacial score (nSPS) is 10.2. The molecule has 1 aromatic rings. The van der Waals surface area contributed by atoms with Gasteiger partial charge in [-0.15, -0.1) is 11.6 Å². The zero-order valence-electron chi connectivity index (χ0n) is 5.37. The fraction of sp³-hybridized carbons (Fsp3) is 0.143. The highest BCUT2D eigenvalue weighted by Crippen LogP contribution is 2.20. The summed E-state index contributed by atoms with van der Waals surface area (Å²) in [4.78, 5) is 0. The third-order valence-electron chi connectivity index (χ3n) is 1.23. The lowest BCUT2D eigenvalue weighted by molar-refractivity contribution is 0.591. The van der Waals surface area contributed by atoms with Gasteiger partial charge in [0.25, 0.3) is 0 Å². The third-order valence-corrected chi connectivity index (χ3v) is 1.81. The van der Waals surface area contributed by atoms with Crippen LogP contribution in [0.1, 0.15) is 5.56 Å². The number of halogens is 4. The van der Waals surface area contributed by atoms with Crippen LogP contribution in [0.25, 0.3) is 0 Å². The fourth-order valence-electron chi connectivity index (χ4n) is 0.666. The smallest absolute Gasteiger partial charge is 0.142 e. The number of hydrogen-bond acceptors (Lipinski definition) is 0. The maximum Gasteiger partial charge on any atom is 0.142 e. The van der Waals surface area contributed by atoms with E-state index in [2.05, 4.69) is 0 Å². The first-order valence-corrected chi connectivity index (χ1v) is 3.75. The second-order valence-corrected chi connectivity index (χ2v) is 2.67. The summed E-state index contributed by atoms with van der Waals surface area (Å²) < 4.78 is 25.3. The molecule has 0 fully saturated rings. The molecule has 0 saturated heterocycles. The van der Waals surface area contributed by atoms with Crippen molar-refractivity contribution in [3.63, 3.8) is 0 Å². The summed E-state index contributed by atoms with van der Waals surface area (Å²) in [5.74, 6) is -1.28. The maximum absolute atomic E-state index is 12.7. The van der Waals surface area contributed by atoms with E-state index in [0.717, 1.165) is 12.1 Å². The Balaban J connectivity index is 3.21. The monoisotopic (exact) mass is 196 g/mol. The van der Waals surface area contributed by atoms with Crippen LogP contribution in [-0.4, -0.2) is 0 Å². The first-order chi connectivity index (χ1) is 5.15. The molecule has 4 heteroatoms. The van der Waals surface area contributed by atoms with E-state index < -0.39 is 11.6 Å². The van der Waals surface area contributed by atoms with Crippen LogP contribution in [0, 0.1) is 11.6 Å². The van der Waals surface area contributed by atoms with Crippen LogP contribution >= 0.6 is 23.2 Å². The van der Waals surface area contributed by atoms with Crippen molar-refractivity contribution in [3.8, 4) is 0 Å². The van der Waals surface area contributed by atoms with Crippen molar-refractivity contribution in [3.05, 3.63) is 34.4 Å². The molecule has 11 heavy (non-hydrogen) atoms. The average molecular weight is 197 g/mol. The Morgan fingerprint density at radius 1 is 1.18 bits per heavy atom. The Labute approximate surface area is 72.7 Å². The van der Waals surface area contributed by atoms with Crippen LogP contribution in [0.5, 0.6) is 0 Å². The number of rotatable bonds is 1. The lowest BCUT2D eigenvalue weighted by Gasteiger charge is -1.99. The molecule has 0 bridgehead atoms. The highest BCUT2D eigenvalue weighted by atomic mass is 35.5. The third kappa shape index (κ3) is 1.82. The van der Waals surface area contributed by atoms with E-state index in [9.17, 15) is 8.78 Å². The predicted octanol–water partition coefficient (Wildman–Crippen LogP) is 3.36. The zero-order valence-corrected chi connectivity index (χ0v) is 6.89. The van der Waals surface area contributed by atoms with Gasteiger partial charge >= 0.3 is 0 Å². The van der Waals surface area contributed by atoms with Gasteiger partial charge in [0, 0.05) is 5.56 Å². The molecule has 0 aliphatic rings. The highest BCUT2D eigenvalue weighted by molar-refractivity contribution is 6.30. The molecule has 0 aromatic heterocycles. The quantitative estimate of drug-likeness (QED) is 0.478. The average Bonchev–Trinajstić information content (AvgIpc) is 1.97. The van der Waals surface area contributed by atoms with Crippen molar-refractivity contribution in [1.29, 1.82) is 0 Å². The van der Waals surface area contributed by atoms with Crippen molar-refractivity contribution >= 4 is 23.2 Å². The van der Waals surface area contributed by atoms with Crippen LogP contribution in [-0.2, 0) is 5.88 Å². The van der Waals surface area contributed by atoms with Gasteiger partial charge in [-0.25, -0.2) is 8.78 Å². The van der Waals surface area contributed by atoms with E-state index in [-0.39, 0.29) is 16.5 Å². The summed E-state index contributed by atoms with van der Waals surface area (Å²) in [6.07, 6.45) is 0. The number of benzene rings is 1. The topological polar surface area (TPSA) is 0 Å². The molecular formula is C7H4Cl2F2. The van der Waals surface area contributed by atoms with Crippen molar-refractivity contribution < 1.29 is 8.78 Å². The molecule has 0 atom stereocenters. The van der Waals surface area contributed by atoms with Crippen molar-refractivity contribution in [1.82, 2.24) is 0 Å². The summed E-state index contributed by atoms with van der Waals surface area (Å²) in [5.41, 5.74) is 0.119. The van der Waals surface area contributed by atoms with Crippen LogP contribution in [0.4, 0.5) is 8.78 Å². The first-order valence-electron chi connectivity index (χ1n) is 2.84. The molecule has 0 saturated carbocycles. The second kappa shape index (κ2) is 3.37. The molecule has 0 N–H and O–H groups in total. The Hall–Kier alpha value is -0.340. The highest BCUT2D eigenvalue weighted by Gasteiger charge is 2.06. The van der Waals surface area contributed by atoms with Gasteiger partial charge in [-0.05, 0) is 12.1 Å². The second-order valence-electron chi connectivity index (χ2n) is 1.99. The summed E-state index contributed by atoms with van der Waals surface area (Å²) in [5, 5.41) is -0.226. The molecule has 0 amide bonds. The molecule has 0 nitrogen and oxygen atoms in total. The number of hydrogen-bond donors (Lipinski definition) is 0. The molecule has 0 radical (unpaired) electrons. The summed E-state index contributed by atoms with van der Waals surface area (Å²) >= 11 is 10.6. The van der Waals surface area contributed by atoms with E-state index in [1.165, 1.54) is 0 Å². The lowest BCUT2D eigenvalue weighted by atomic mass is 10.2. The van der Waals surface area contributed by atoms with Gasteiger partial charge in [0.05, 0.1) is 10.9 Å². The minimum atomic E-state index is -0.649. The van der Waals surface area contributed by atoms with Gasteiger partial charge in [-0.1, -0.05) is 11.6 Å². The van der Waals surface area contributed by atoms with Crippen LogP contribution < -0.4 is 0 Å². The molecular weight excluding hydrogens is 193 g/mol. The Bertz CT molecular complexity index is 273. The van der Waals surface area contributed by atoms with Crippen LogP contribution in [0.2, 0.25) is 5.02 Å². The molecule has 0 spiro atoms. The first kappa shape index (κ1) is 8.75. The summed E-state index contributed by atoms with van der Waals surface area (Å²) in [6, 6.07) is 1.90. The molecule has 1 rings (SSSR count). The maximum atomic E-state index is 12.7.